The Hall–Kier alpha value is -3.93. The van der Waals surface area contributed by atoms with Gasteiger partial charge >= 0.3 is 17.9 Å². The zero-order valence-corrected chi connectivity index (χ0v) is 19.8. The van der Waals surface area contributed by atoms with E-state index in [1.54, 1.807) is 33.8 Å². The van der Waals surface area contributed by atoms with E-state index in [9.17, 15) is 19.6 Å². The number of benzene rings is 1. The van der Waals surface area contributed by atoms with Gasteiger partial charge in [0.25, 0.3) is 0 Å². The molecule has 2 N–H and O–H groups in total. The number of carbonyl (C=O) groups is 3. The standard InChI is InChI=1S/C25H29N5O4/c1-16-12-19(15-27-21(16)29-24(33)34-25(2,3)4)28-22(31)23(32)30-11-10-17(14-26)13-20(30)18-8-6-5-7-9-18/h5-9,12,15,17,20H,10-11,13H2,1-4H3,(H,28,31)(H,27,29,33)/t17-,20+/m1/s1. The van der Waals surface area contributed by atoms with Crippen LogP contribution in [0.1, 0.15) is 50.8 Å². The average molecular weight is 464 g/mol. The molecule has 178 valence electrons. The molecule has 9 nitrogen and oxygen atoms in total. The van der Waals surface area contributed by atoms with Crippen molar-refractivity contribution in [3.8, 4) is 6.07 Å². The van der Waals surface area contributed by atoms with Gasteiger partial charge in [0.2, 0.25) is 0 Å². The first kappa shape index (κ1) is 24.7. The summed E-state index contributed by atoms with van der Waals surface area (Å²) >= 11 is 0. The van der Waals surface area contributed by atoms with E-state index < -0.39 is 23.5 Å². The molecule has 2 heterocycles. The van der Waals surface area contributed by atoms with Crippen LogP contribution in [0.4, 0.5) is 16.3 Å². The Morgan fingerprint density at radius 1 is 1.18 bits per heavy atom. The van der Waals surface area contributed by atoms with Crippen LogP contribution >= 0.6 is 0 Å². The number of rotatable bonds is 3. The van der Waals surface area contributed by atoms with Crippen LogP contribution in [0.15, 0.2) is 42.6 Å². The van der Waals surface area contributed by atoms with Gasteiger partial charge in [0.05, 0.1) is 29.9 Å². The van der Waals surface area contributed by atoms with E-state index in [1.807, 2.05) is 30.3 Å². The van der Waals surface area contributed by atoms with Crippen LogP contribution < -0.4 is 10.6 Å². The highest BCUT2D eigenvalue weighted by Crippen LogP contribution is 2.34. The van der Waals surface area contributed by atoms with Crippen molar-refractivity contribution in [2.24, 2.45) is 5.92 Å². The second-order valence-corrected chi connectivity index (χ2v) is 9.25. The number of carbonyl (C=O) groups excluding carboxylic acids is 3. The smallest absolute Gasteiger partial charge is 0.413 e. The normalized spacial score (nSPS) is 17.9. The first-order valence-electron chi connectivity index (χ1n) is 11.1. The number of amides is 3. The maximum atomic E-state index is 13.0. The molecule has 3 rings (SSSR count). The van der Waals surface area contributed by atoms with Gasteiger partial charge in [0.15, 0.2) is 0 Å². The quantitative estimate of drug-likeness (QED) is 0.658. The molecule has 1 aromatic heterocycles. The second kappa shape index (κ2) is 10.3. The van der Waals surface area contributed by atoms with Crippen LogP contribution in [-0.4, -0.2) is 39.9 Å². The number of aromatic nitrogens is 1. The molecule has 0 saturated carbocycles. The van der Waals surface area contributed by atoms with Crippen molar-refractivity contribution >= 4 is 29.4 Å². The van der Waals surface area contributed by atoms with Crippen molar-refractivity contribution in [3.05, 3.63) is 53.7 Å². The molecule has 1 aliphatic rings. The summed E-state index contributed by atoms with van der Waals surface area (Å²) in [7, 11) is 0. The zero-order chi connectivity index (χ0) is 24.9. The number of nitriles is 1. The van der Waals surface area contributed by atoms with Crippen molar-refractivity contribution in [1.29, 1.82) is 5.26 Å². The number of likely N-dealkylation sites (tertiary alicyclic amines) is 1. The molecular formula is C25H29N5O4. The van der Waals surface area contributed by atoms with E-state index in [0.717, 1.165) is 5.56 Å². The second-order valence-electron chi connectivity index (χ2n) is 9.25. The Morgan fingerprint density at radius 2 is 1.88 bits per heavy atom. The zero-order valence-electron chi connectivity index (χ0n) is 19.8. The van der Waals surface area contributed by atoms with Crippen molar-refractivity contribution in [2.75, 3.05) is 17.2 Å². The summed E-state index contributed by atoms with van der Waals surface area (Å²) in [6.45, 7) is 7.31. The van der Waals surface area contributed by atoms with Gasteiger partial charge in [-0.05, 0) is 57.7 Å². The van der Waals surface area contributed by atoms with Crippen molar-refractivity contribution < 1.29 is 19.1 Å². The number of nitrogens with zero attached hydrogens (tertiary/aromatic N) is 3. The highest BCUT2D eigenvalue weighted by atomic mass is 16.6. The largest absolute Gasteiger partial charge is 0.444 e. The number of ether oxygens (including phenoxy) is 1. The minimum atomic E-state index is -0.787. The van der Waals surface area contributed by atoms with E-state index in [4.69, 9.17) is 4.74 Å². The van der Waals surface area contributed by atoms with Crippen molar-refractivity contribution in [1.82, 2.24) is 9.88 Å². The third-order valence-electron chi connectivity index (χ3n) is 5.38. The van der Waals surface area contributed by atoms with Crippen molar-refractivity contribution in [3.63, 3.8) is 0 Å². The predicted molar refractivity (Wildman–Crippen MR) is 127 cm³/mol. The van der Waals surface area contributed by atoms with Crippen LogP contribution in [0.25, 0.3) is 0 Å². The minimum absolute atomic E-state index is 0.172. The van der Waals surface area contributed by atoms with Crippen molar-refractivity contribution in [2.45, 2.75) is 52.2 Å². The van der Waals surface area contributed by atoms with Gasteiger partial charge in [-0.2, -0.15) is 5.26 Å². The fourth-order valence-electron chi connectivity index (χ4n) is 3.81. The Balaban J connectivity index is 1.70. The number of pyridine rings is 1. The van der Waals surface area contributed by atoms with Crippen LogP contribution in [0, 0.1) is 24.2 Å². The summed E-state index contributed by atoms with van der Waals surface area (Å²) in [5, 5.41) is 14.5. The summed E-state index contributed by atoms with van der Waals surface area (Å²) < 4.78 is 5.22. The molecule has 2 aromatic rings. The van der Waals surface area contributed by atoms with Gasteiger partial charge < -0.3 is 15.0 Å². The molecule has 1 saturated heterocycles. The van der Waals surface area contributed by atoms with Crippen LogP contribution in [-0.2, 0) is 14.3 Å². The Kier molecular flexibility index (Phi) is 7.51. The molecule has 1 aromatic carbocycles. The lowest BCUT2D eigenvalue weighted by Gasteiger charge is -2.37. The van der Waals surface area contributed by atoms with Gasteiger partial charge in [0.1, 0.15) is 11.4 Å². The van der Waals surface area contributed by atoms with E-state index >= 15 is 0 Å². The minimum Gasteiger partial charge on any atom is -0.444 e. The Bertz CT molecular complexity index is 1100. The first-order valence-corrected chi connectivity index (χ1v) is 11.1. The number of anilines is 2. The summed E-state index contributed by atoms with van der Waals surface area (Å²) in [6, 6.07) is 13.0. The number of aryl methyl sites for hydroxylation is 1. The Morgan fingerprint density at radius 3 is 2.50 bits per heavy atom. The SMILES string of the molecule is Cc1cc(NC(=O)C(=O)N2CC[C@@H](C#N)C[C@H]2c2ccccc2)cnc1NC(=O)OC(C)(C)C. The third kappa shape index (κ3) is 6.32. The average Bonchev–Trinajstić information content (AvgIpc) is 2.79. The summed E-state index contributed by atoms with van der Waals surface area (Å²) in [5.41, 5.74) is 1.16. The monoisotopic (exact) mass is 463 g/mol. The summed E-state index contributed by atoms with van der Waals surface area (Å²) in [5.74, 6) is -1.33. The predicted octanol–water partition coefficient (Wildman–Crippen LogP) is 4.18. The van der Waals surface area contributed by atoms with Crippen LogP contribution in [0.3, 0.4) is 0 Å². The summed E-state index contributed by atoms with van der Waals surface area (Å²) in [4.78, 5) is 43.5. The molecule has 0 spiro atoms. The fraction of sp³-hybridized carbons (Fsp3) is 0.400. The van der Waals surface area contributed by atoms with Crippen LogP contribution in [0.2, 0.25) is 0 Å². The highest BCUT2D eigenvalue weighted by molar-refractivity contribution is 6.39. The molecule has 0 radical (unpaired) electrons. The molecule has 3 amide bonds. The molecule has 2 atom stereocenters. The number of hydrogen-bond donors (Lipinski definition) is 2. The fourth-order valence-corrected chi connectivity index (χ4v) is 3.81. The number of piperidine rings is 1. The lowest BCUT2D eigenvalue weighted by atomic mass is 9.88. The maximum absolute atomic E-state index is 13.0. The molecule has 1 fully saturated rings. The molecule has 0 unspecified atom stereocenters. The lowest BCUT2D eigenvalue weighted by Crippen LogP contribution is -2.46. The molecule has 9 heteroatoms. The highest BCUT2D eigenvalue weighted by Gasteiger charge is 2.35. The van der Waals surface area contributed by atoms with Gasteiger partial charge in [-0.15, -0.1) is 0 Å². The topological polar surface area (TPSA) is 124 Å². The molecule has 0 aliphatic carbocycles. The van der Waals surface area contributed by atoms with Gasteiger partial charge in [-0.3, -0.25) is 14.9 Å². The number of nitrogens with one attached hydrogen (secondary N) is 2. The number of hydrogen-bond acceptors (Lipinski definition) is 6. The van der Waals surface area contributed by atoms with Gasteiger partial charge in [-0.25, -0.2) is 9.78 Å². The summed E-state index contributed by atoms with van der Waals surface area (Å²) in [6.07, 6.45) is 1.72. The molecular weight excluding hydrogens is 434 g/mol. The van der Waals surface area contributed by atoms with Crippen LogP contribution in [0.5, 0.6) is 0 Å². The maximum Gasteiger partial charge on any atom is 0.413 e. The molecule has 0 bridgehead atoms. The van der Waals surface area contributed by atoms with E-state index in [0.29, 0.717) is 36.5 Å². The lowest BCUT2D eigenvalue weighted by molar-refractivity contribution is -0.146. The van der Waals surface area contributed by atoms with Gasteiger partial charge in [-0.1, -0.05) is 30.3 Å². The van der Waals surface area contributed by atoms with E-state index in [-0.39, 0.29) is 12.0 Å². The molecule has 1 aliphatic heterocycles. The third-order valence-corrected chi connectivity index (χ3v) is 5.38. The Labute approximate surface area is 199 Å². The first-order chi connectivity index (χ1) is 16.1. The van der Waals surface area contributed by atoms with Gasteiger partial charge in [0, 0.05) is 6.54 Å². The van der Waals surface area contributed by atoms with E-state index in [2.05, 4.69) is 21.7 Å². The van der Waals surface area contributed by atoms with E-state index in [1.165, 1.54) is 11.1 Å². The molecule has 34 heavy (non-hydrogen) atoms.